The summed E-state index contributed by atoms with van der Waals surface area (Å²) in [6, 6.07) is 9.74. The standard InChI is InChI=1S/C25H37N3O5/c1-23(2,3)33-21(29)26-24-9-11-25(12-10-24,32-19-24)18-27-13-15-28(16-14-27)22(30)31-17-20-7-5-4-6-8-20/h4-8H,9-19H2,1-3H3,(H,26,29). The zero-order chi connectivity index (χ0) is 23.5. The normalized spacial score (nSPS) is 27.8. The van der Waals surface area contributed by atoms with Crippen molar-refractivity contribution in [3.8, 4) is 0 Å². The van der Waals surface area contributed by atoms with E-state index < -0.39 is 5.60 Å². The number of amides is 2. The Labute approximate surface area is 196 Å². The molecule has 0 spiro atoms. The summed E-state index contributed by atoms with van der Waals surface area (Å²) in [4.78, 5) is 28.9. The molecule has 4 fully saturated rings. The van der Waals surface area contributed by atoms with Gasteiger partial charge in [-0.25, -0.2) is 9.59 Å². The van der Waals surface area contributed by atoms with Gasteiger partial charge in [0.2, 0.25) is 0 Å². The van der Waals surface area contributed by atoms with Crippen LogP contribution in [-0.2, 0) is 20.8 Å². The van der Waals surface area contributed by atoms with Crippen molar-refractivity contribution in [3.05, 3.63) is 35.9 Å². The first-order valence-electron chi connectivity index (χ1n) is 12.0. The zero-order valence-corrected chi connectivity index (χ0v) is 20.1. The van der Waals surface area contributed by atoms with Crippen molar-refractivity contribution >= 4 is 12.2 Å². The fraction of sp³-hybridized carbons (Fsp3) is 0.680. The second-order valence-electron chi connectivity index (χ2n) is 10.7. The van der Waals surface area contributed by atoms with Gasteiger partial charge in [-0.1, -0.05) is 30.3 Å². The first-order valence-corrected chi connectivity index (χ1v) is 12.0. The average molecular weight is 460 g/mol. The van der Waals surface area contributed by atoms with Crippen molar-refractivity contribution in [1.82, 2.24) is 15.1 Å². The molecule has 0 atom stereocenters. The molecule has 2 bridgehead atoms. The van der Waals surface area contributed by atoms with Gasteiger partial charge in [0, 0.05) is 32.7 Å². The Bertz CT molecular complexity index is 806. The fourth-order valence-corrected chi connectivity index (χ4v) is 4.96. The van der Waals surface area contributed by atoms with Gasteiger partial charge in [0.1, 0.15) is 12.2 Å². The molecule has 182 valence electrons. The van der Waals surface area contributed by atoms with Gasteiger partial charge in [-0.2, -0.15) is 0 Å². The summed E-state index contributed by atoms with van der Waals surface area (Å²) in [6.45, 7) is 10.3. The van der Waals surface area contributed by atoms with E-state index in [1.807, 2.05) is 51.1 Å². The topological polar surface area (TPSA) is 80.3 Å². The van der Waals surface area contributed by atoms with E-state index >= 15 is 0 Å². The van der Waals surface area contributed by atoms with Gasteiger partial charge in [-0.15, -0.1) is 0 Å². The summed E-state index contributed by atoms with van der Waals surface area (Å²) in [5, 5.41) is 3.08. The van der Waals surface area contributed by atoms with Crippen molar-refractivity contribution < 1.29 is 23.8 Å². The van der Waals surface area contributed by atoms with E-state index in [2.05, 4.69) is 10.2 Å². The number of piperazine rings is 1. The lowest BCUT2D eigenvalue weighted by Crippen LogP contribution is -2.66. The van der Waals surface area contributed by atoms with Crippen LogP contribution in [0, 0.1) is 0 Å². The number of alkyl carbamates (subject to hydrolysis) is 1. The molecule has 3 saturated heterocycles. The number of hydrogen-bond acceptors (Lipinski definition) is 6. The second-order valence-corrected chi connectivity index (χ2v) is 10.7. The molecule has 3 aliphatic heterocycles. The van der Waals surface area contributed by atoms with Gasteiger partial charge in [0.15, 0.2) is 0 Å². The van der Waals surface area contributed by atoms with Crippen LogP contribution in [0.4, 0.5) is 9.59 Å². The lowest BCUT2D eigenvalue weighted by atomic mass is 9.71. The van der Waals surface area contributed by atoms with E-state index in [1.165, 1.54) is 0 Å². The Balaban J connectivity index is 1.20. The van der Waals surface area contributed by atoms with Crippen LogP contribution in [0.15, 0.2) is 30.3 Å². The van der Waals surface area contributed by atoms with Gasteiger partial charge in [-0.05, 0) is 52.0 Å². The van der Waals surface area contributed by atoms with Crippen LogP contribution in [0.1, 0.15) is 52.0 Å². The van der Waals surface area contributed by atoms with Crippen molar-refractivity contribution in [2.75, 3.05) is 39.3 Å². The third kappa shape index (κ3) is 6.18. The summed E-state index contributed by atoms with van der Waals surface area (Å²) < 4.78 is 17.3. The molecule has 1 aromatic carbocycles. The monoisotopic (exact) mass is 459 g/mol. The molecule has 1 aromatic rings. The summed E-state index contributed by atoms with van der Waals surface area (Å²) >= 11 is 0. The summed E-state index contributed by atoms with van der Waals surface area (Å²) in [5.41, 5.74) is 0.0104. The maximum absolute atomic E-state index is 12.4. The van der Waals surface area contributed by atoms with Crippen molar-refractivity contribution in [2.24, 2.45) is 0 Å². The molecular weight excluding hydrogens is 422 g/mol. The Morgan fingerprint density at radius 2 is 1.70 bits per heavy atom. The predicted octanol–water partition coefficient (Wildman–Crippen LogP) is 3.55. The Morgan fingerprint density at radius 1 is 1.03 bits per heavy atom. The number of carbonyl (C=O) groups is 2. The Hall–Kier alpha value is -2.32. The van der Waals surface area contributed by atoms with E-state index in [1.54, 1.807) is 4.90 Å². The minimum Gasteiger partial charge on any atom is -0.445 e. The van der Waals surface area contributed by atoms with Crippen LogP contribution in [0.2, 0.25) is 0 Å². The first-order chi connectivity index (χ1) is 15.7. The molecular formula is C25H37N3O5. The van der Waals surface area contributed by atoms with Crippen LogP contribution < -0.4 is 5.32 Å². The van der Waals surface area contributed by atoms with E-state index in [0.717, 1.165) is 50.9 Å². The second kappa shape index (κ2) is 9.50. The third-order valence-corrected chi connectivity index (χ3v) is 6.89. The number of ether oxygens (including phenoxy) is 3. The lowest BCUT2D eigenvalue weighted by molar-refractivity contribution is -0.171. The van der Waals surface area contributed by atoms with Crippen LogP contribution in [0.5, 0.6) is 0 Å². The van der Waals surface area contributed by atoms with E-state index in [-0.39, 0.29) is 23.3 Å². The van der Waals surface area contributed by atoms with Gasteiger partial charge < -0.3 is 24.4 Å². The Morgan fingerprint density at radius 3 is 2.27 bits per heavy atom. The van der Waals surface area contributed by atoms with Gasteiger partial charge >= 0.3 is 12.2 Å². The Kier molecular flexibility index (Phi) is 6.86. The smallest absolute Gasteiger partial charge is 0.410 e. The quantitative estimate of drug-likeness (QED) is 0.725. The molecule has 1 N–H and O–H groups in total. The van der Waals surface area contributed by atoms with Crippen LogP contribution >= 0.6 is 0 Å². The first kappa shape index (κ1) is 23.8. The third-order valence-electron chi connectivity index (χ3n) is 6.89. The van der Waals surface area contributed by atoms with E-state index in [9.17, 15) is 9.59 Å². The maximum atomic E-state index is 12.4. The SMILES string of the molecule is CC(C)(C)OC(=O)NC12CCC(CN3CCN(C(=O)OCc4ccccc4)CC3)(CC1)OC2. The molecule has 8 nitrogen and oxygen atoms in total. The van der Waals surface area contributed by atoms with Crippen molar-refractivity contribution in [3.63, 3.8) is 0 Å². The molecule has 1 aliphatic carbocycles. The van der Waals surface area contributed by atoms with Crippen molar-refractivity contribution in [2.45, 2.75) is 69.8 Å². The van der Waals surface area contributed by atoms with E-state index in [4.69, 9.17) is 14.2 Å². The molecule has 4 aliphatic rings. The summed E-state index contributed by atoms with van der Waals surface area (Å²) in [6.07, 6.45) is 3.03. The lowest BCUT2D eigenvalue weighted by Gasteiger charge is -2.54. The largest absolute Gasteiger partial charge is 0.445 e. The number of nitrogens with one attached hydrogen (secondary N) is 1. The van der Waals surface area contributed by atoms with Crippen molar-refractivity contribution in [1.29, 1.82) is 0 Å². The molecule has 3 heterocycles. The number of hydrogen-bond donors (Lipinski definition) is 1. The molecule has 2 amide bonds. The molecule has 0 unspecified atom stereocenters. The number of benzene rings is 1. The number of fused-ring (bicyclic) bond motifs is 3. The van der Waals surface area contributed by atoms with Gasteiger partial charge in [-0.3, -0.25) is 4.90 Å². The number of nitrogens with zero attached hydrogens (tertiary/aromatic N) is 2. The molecule has 8 heteroatoms. The number of carbonyl (C=O) groups excluding carboxylic acids is 2. The van der Waals surface area contributed by atoms with Gasteiger partial charge in [0.25, 0.3) is 0 Å². The minimum atomic E-state index is -0.509. The molecule has 33 heavy (non-hydrogen) atoms. The maximum Gasteiger partial charge on any atom is 0.410 e. The zero-order valence-electron chi connectivity index (χ0n) is 20.1. The van der Waals surface area contributed by atoms with Crippen LogP contribution in [0.3, 0.4) is 0 Å². The molecule has 0 radical (unpaired) electrons. The van der Waals surface area contributed by atoms with Crippen LogP contribution in [-0.4, -0.2) is 78.1 Å². The fourth-order valence-electron chi connectivity index (χ4n) is 4.96. The molecule has 5 rings (SSSR count). The highest BCUT2D eigenvalue weighted by molar-refractivity contribution is 5.69. The highest BCUT2D eigenvalue weighted by Crippen LogP contribution is 2.44. The average Bonchev–Trinajstić information content (AvgIpc) is 2.78. The minimum absolute atomic E-state index is 0.159. The summed E-state index contributed by atoms with van der Waals surface area (Å²) in [7, 11) is 0. The highest BCUT2D eigenvalue weighted by Gasteiger charge is 2.51. The molecule has 1 saturated carbocycles. The number of rotatable bonds is 5. The highest BCUT2D eigenvalue weighted by atomic mass is 16.6. The van der Waals surface area contributed by atoms with Crippen LogP contribution in [0.25, 0.3) is 0 Å². The van der Waals surface area contributed by atoms with Gasteiger partial charge in [0.05, 0.1) is 17.7 Å². The predicted molar refractivity (Wildman–Crippen MR) is 124 cm³/mol. The van der Waals surface area contributed by atoms with E-state index in [0.29, 0.717) is 26.3 Å². The molecule has 0 aromatic heterocycles. The summed E-state index contributed by atoms with van der Waals surface area (Å²) in [5.74, 6) is 0.